The summed E-state index contributed by atoms with van der Waals surface area (Å²) in [6.45, 7) is -1.37. The number of fused-ring (bicyclic) bond motifs is 1. The molecule has 0 aliphatic carbocycles. The lowest BCUT2D eigenvalue weighted by Gasteiger charge is -2.17. The number of aliphatic hydroxyl groups excluding tert-OH is 6. The van der Waals surface area contributed by atoms with E-state index in [4.69, 9.17) is 40.7 Å². The molecular formula is C16H27N5O16P2. The lowest BCUT2D eigenvalue weighted by molar-refractivity contribution is -0.121. The van der Waals surface area contributed by atoms with Crippen molar-refractivity contribution in [3.63, 3.8) is 0 Å². The summed E-state index contributed by atoms with van der Waals surface area (Å²) in [5, 5.41) is 54.8. The molecule has 1 aliphatic heterocycles. The second-order valence-electron chi connectivity index (χ2n) is 7.92. The fourth-order valence-electron chi connectivity index (χ4n) is 3.14. The van der Waals surface area contributed by atoms with Gasteiger partial charge in [-0.2, -0.15) is 9.29 Å². The Bertz CT molecular complexity index is 1270. The summed E-state index contributed by atoms with van der Waals surface area (Å²) in [6, 6.07) is 0. The minimum atomic E-state index is -5.32. The zero-order chi connectivity index (χ0) is 29.7. The number of imidazole rings is 1. The van der Waals surface area contributed by atoms with E-state index >= 15 is 0 Å². The number of aromatic amines is 1. The van der Waals surface area contributed by atoms with Crippen LogP contribution in [0.5, 0.6) is 0 Å². The average molecular weight is 607 g/mol. The van der Waals surface area contributed by atoms with Crippen LogP contribution >= 0.6 is 15.6 Å². The van der Waals surface area contributed by atoms with Crippen molar-refractivity contribution in [3.8, 4) is 0 Å². The number of phosphoric acid groups is 2. The predicted octanol–water partition coefficient (Wildman–Crippen LogP) is -4.80. The van der Waals surface area contributed by atoms with Gasteiger partial charge in [0.1, 0.15) is 24.4 Å². The molecule has 8 atom stereocenters. The van der Waals surface area contributed by atoms with E-state index in [0.717, 1.165) is 10.9 Å². The Labute approximate surface area is 216 Å². The van der Waals surface area contributed by atoms with Crippen molar-refractivity contribution in [2.24, 2.45) is 0 Å². The van der Waals surface area contributed by atoms with Gasteiger partial charge in [-0.25, -0.2) is 14.1 Å². The van der Waals surface area contributed by atoms with E-state index in [2.05, 4.69) is 23.8 Å². The van der Waals surface area contributed by atoms with Crippen LogP contribution in [0.25, 0.3) is 11.2 Å². The molecule has 1 fully saturated rings. The molecule has 1 aliphatic rings. The van der Waals surface area contributed by atoms with Crippen molar-refractivity contribution >= 4 is 39.0 Å². The Morgan fingerprint density at radius 3 is 2.41 bits per heavy atom. The number of nitrogens with two attached hydrogens (primary N) is 1. The largest absolute Gasteiger partial charge is 0.481 e. The van der Waals surface area contributed by atoms with Crippen LogP contribution in [0.2, 0.25) is 0 Å². The summed E-state index contributed by atoms with van der Waals surface area (Å²) < 4.78 is 36.6. The van der Waals surface area contributed by atoms with Crippen molar-refractivity contribution in [3.05, 3.63) is 16.7 Å². The summed E-state index contributed by atoms with van der Waals surface area (Å²) >= 11 is 0. The molecule has 0 bridgehead atoms. The second kappa shape index (κ2) is 13.4. The van der Waals surface area contributed by atoms with Gasteiger partial charge in [-0.15, -0.1) is 0 Å². The van der Waals surface area contributed by atoms with Gasteiger partial charge in [0, 0.05) is 6.42 Å². The number of ether oxygens (including phenoxy) is 1. The average Bonchev–Trinajstić information content (AvgIpc) is 3.36. The van der Waals surface area contributed by atoms with Gasteiger partial charge >= 0.3 is 15.6 Å². The summed E-state index contributed by atoms with van der Waals surface area (Å²) in [7, 11) is -10.5. The molecule has 0 radical (unpaired) electrons. The number of H-pyrrole nitrogens is 1. The summed E-state index contributed by atoms with van der Waals surface area (Å²) in [6.07, 6.45) is -8.81. The smallest absolute Gasteiger partial charge is 0.394 e. The molecule has 12 N–H and O–H groups in total. The lowest BCUT2D eigenvalue weighted by Crippen LogP contribution is -2.33. The summed E-state index contributed by atoms with van der Waals surface area (Å²) in [5.74, 6) is -0.233. The zero-order valence-corrected chi connectivity index (χ0v) is 21.3. The van der Waals surface area contributed by atoms with Crippen molar-refractivity contribution in [2.75, 3.05) is 18.9 Å². The maximum atomic E-state index is 11.8. The van der Waals surface area contributed by atoms with E-state index in [1.807, 2.05) is 0 Å². The third-order valence-electron chi connectivity index (χ3n) is 4.93. The van der Waals surface area contributed by atoms with Gasteiger partial charge in [-0.1, -0.05) is 0 Å². The number of aromatic nitrogens is 4. The minimum Gasteiger partial charge on any atom is -0.394 e. The number of hydrogen-bond acceptors (Lipinski definition) is 16. The minimum absolute atomic E-state index is 0.0586. The zero-order valence-electron chi connectivity index (χ0n) is 19.5. The highest BCUT2D eigenvalue weighted by molar-refractivity contribution is 7.60. The lowest BCUT2D eigenvalue weighted by atomic mass is 10.1. The number of aliphatic hydroxyl groups is 6. The second-order valence-corrected chi connectivity index (χ2v) is 10.8. The highest BCUT2D eigenvalue weighted by atomic mass is 31.3. The molecule has 0 spiro atoms. The monoisotopic (exact) mass is 607 g/mol. The normalized spacial score (nSPS) is 25.4. The third-order valence-corrected chi connectivity index (χ3v) is 7.08. The summed E-state index contributed by atoms with van der Waals surface area (Å²) in [4.78, 5) is 58.0. The number of anilines is 1. The first kappa shape index (κ1) is 33.0. The third kappa shape index (κ3) is 9.17. The number of carbonyl (C=O) groups excluding carboxylic acids is 1. The highest BCUT2D eigenvalue weighted by Gasteiger charge is 2.46. The van der Waals surface area contributed by atoms with Gasteiger partial charge in [0.2, 0.25) is 5.95 Å². The molecule has 3 heterocycles. The first-order valence-electron chi connectivity index (χ1n) is 10.6. The molecular weight excluding hydrogens is 580 g/mol. The Morgan fingerprint density at radius 2 is 1.85 bits per heavy atom. The van der Waals surface area contributed by atoms with E-state index in [1.165, 1.54) is 0 Å². The molecule has 23 heteroatoms. The number of rotatable bonds is 11. The highest BCUT2D eigenvalue weighted by Crippen LogP contribution is 2.57. The Hall–Kier alpha value is -2.20. The van der Waals surface area contributed by atoms with Gasteiger partial charge in [-0.05, 0) is 0 Å². The number of carbonyl (C=O) groups is 1. The molecule has 2 aromatic rings. The van der Waals surface area contributed by atoms with Gasteiger partial charge in [0.15, 0.2) is 23.7 Å². The van der Waals surface area contributed by atoms with Crippen LogP contribution in [0.3, 0.4) is 0 Å². The van der Waals surface area contributed by atoms with Crippen molar-refractivity contribution in [1.82, 2.24) is 19.5 Å². The fourth-order valence-corrected chi connectivity index (χ4v) is 4.73. The number of nitrogens with zero attached hydrogens (tertiary/aromatic N) is 3. The van der Waals surface area contributed by atoms with Gasteiger partial charge in [0.25, 0.3) is 5.56 Å². The van der Waals surface area contributed by atoms with Crippen LogP contribution in [0.1, 0.15) is 12.6 Å². The topological polar surface area (TPSA) is 351 Å². The van der Waals surface area contributed by atoms with Crippen LogP contribution < -0.4 is 11.3 Å². The molecule has 1 saturated heterocycles. The van der Waals surface area contributed by atoms with Crippen molar-refractivity contribution in [2.45, 2.75) is 49.3 Å². The molecule has 39 heavy (non-hydrogen) atoms. The summed E-state index contributed by atoms with van der Waals surface area (Å²) in [5.41, 5.74) is 4.65. The standard InChI is InChI=1S/C10H15N5O11P2.C6H12O5/c11-10-13-7-4(8(18)14-10)12-2-15(7)9-6(17)5(16)3(25-9)1-24-28(22,23)26-27(19,20)21;7-2-4(9)1-5(10)6(11)3-8/h2-3,5-6,9,16-17H,1H2,(H,22,23)(H2,19,20,21)(H3,11,13,14,18);3-7,9-11H,1-2H2. The number of nitrogen functional groups attached to an aromatic ring is 1. The van der Waals surface area contributed by atoms with E-state index in [1.54, 1.807) is 0 Å². The number of hydrogen-bond donors (Lipinski definition) is 11. The SMILES string of the molecule is Nc1nc2c(ncn2C2OC(COP(=O)(O)OP(=O)(O)O)C(O)C2O)c(=O)[nH]1.O=CC(O)C(O)CC(O)CO. The molecule has 0 amide bonds. The Balaban J connectivity index is 0.000000411. The maximum Gasteiger partial charge on any atom is 0.481 e. The number of nitrogens with one attached hydrogen (secondary N) is 1. The van der Waals surface area contributed by atoms with Crippen molar-refractivity contribution in [1.29, 1.82) is 0 Å². The fraction of sp³-hybridized carbons (Fsp3) is 0.625. The molecule has 0 saturated carbocycles. The maximum absolute atomic E-state index is 11.8. The number of phosphoric ester groups is 1. The van der Waals surface area contributed by atoms with E-state index < -0.39 is 77.3 Å². The van der Waals surface area contributed by atoms with E-state index in [-0.39, 0.29) is 29.8 Å². The first-order valence-corrected chi connectivity index (χ1v) is 13.6. The molecule has 8 unspecified atom stereocenters. The van der Waals surface area contributed by atoms with Gasteiger partial charge in [0.05, 0.1) is 31.7 Å². The Kier molecular flexibility index (Phi) is 11.4. The first-order chi connectivity index (χ1) is 18.0. The van der Waals surface area contributed by atoms with Gasteiger partial charge < -0.3 is 60.6 Å². The molecule has 0 aromatic carbocycles. The predicted molar refractivity (Wildman–Crippen MR) is 123 cm³/mol. The van der Waals surface area contributed by atoms with Crippen molar-refractivity contribution < 1.29 is 72.8 Å². The van der Waals surface area contributed by atoms with E-state index in [9.17, 15) is 33.8 Å². The Morgan fingerprint density at radius 1 is 1.21 bits per heavy atom. The quantitative estimate of drug-likeness (QED) is 0.0842. The molecule has 222 valence electrons. The molecule has 3 rings (SSSR count). The molecule has 2 aromatic heterocycles. The molecule has 21 nitrogen and oxygen atoms in total. The van der Waals surface area contributed by atoms with Crippen LogP contribution in [-0.4, -0.2) is 121 Å². The van der Waals surface area contributed by atoms with Gasteiger partial charge in [-0.3, -0.25) is 18.9 Å². The number of aldehydes is 1. The van der Waals surface area contributed by atoms with Crippen LogP contribution in [0.15, 0.2) is 11.1 Å². The van der Waals surface area contributed by atoms with Crippen LogP contribution in [-0.2, 0) is 27.5 Å². The van der Waals surface area contributed by atoms with Crippen LogP contribution in [0, 0.1) is 0 Å². The van der Waals surface area contributed by atoms with Crippen LogP contribution in [0.4, 0.5) is 5.95 Å². The van der Waals surface area contributed by atoms with E-state index in [0.29, 0.717) is 0 Å².